The molecule has 0 fully saturated rings. The van der Waals surface area contributed by atoms with E-state index in [1.807, 2.05) is 30.6 Å². The minimum atomic E-state index is -0.222. The Morgan fingerprint density at radius 2 is 1.95 bits per heavy atom. The van der Waals surface area contributed by atoms with Gasteiger partial charge in [0.05, 0.1) is 0 Å². The number of aliphatic imine (C=N–C) groups is 1. The summed E-state index contributed by atoms with van der Waals surface area (Å²) >= 11 is 0. The Kier molecular flexibility index (Phi) is 7.81. The first-order valence-electron chi connectivity index (χ1n) is 6.57. The van der Waals surface area contributed by atoms with E-state index in [0.29, 0.717) is 12.5 Å². The summed E-state index contributed by atoms with van der Waals surface area (Å²) in [6.07, 6.45) is 4.04. The van der Waals surface area contributed by atoms with E-state index in [2.05, 4.69) is 20.2 Å². The molecule has 1 aromatic carbocycles. The summed E-state index contributed by atoms with van der Waals surface area (Å²) < 4.78 is 15.1. The lowest BCUT2D eigenvalue weighted by molar-refractivity contribution is 0.624. The molecule has 0 aliphatic rings. The van der Waals surface area contributed by atoms with Gasteiger partial charge in [0, 0.05) is 39.1 Å². The predicted molar refractivity (Wildman–Crippen MR) is 94.4 cm³/mol. The normalized spacial score (nSPS) is 10.9. The molecule has 0 spiro atoms. The van der Waals surface area contributed by atoms with Crippen LogP contribution in [-0.2, 0) is 13.1 Å². The molecule has 0 unspecified atom stereocenters. The van der Waals surface area contributed by atoms with E-state index in [1.54, 1.807) is 13.1 Å². The van der Waals surface area contributed by atoms with Crippen molar-refractivity contribution in [3.05, 3.63) is 60.2 Å². The van der Waals surface area contributed by atoms with E-state index >= 15 is 0 Å². The molecule has 0 saturated heterocycles. The number of nitrogens with zero attached hydrogens (tertiary/aromatic N) is 2. The Morgan fingerprint density at radius 1 is 1.19 bits per heavy atom. The standard InChI is InChI=1S/C15H19FN4.HI/c1-17-15(18-7-10-20-8-2-3-9-20)19-12-13-5-4-6-14(16)11-13;/h2-6,8-9,11H,7,10,12H2,1H3,(H2,17,18,19);1H. The molecule has 0 radical (unpaired) electrons. The highest BCUT2D eigenvalue weighted by molar-refractivity contribution is 14.0. The van der Waals surface area contributed by atoms with Gasteiger partial charge in [-0.15, -0.1) is 24.0 Å². The minimum absolute atomic E-state index is 0. The predicted octanol–water partition coefficient (Wildman–Crippen LogP) is 2.61. The van der Waals surface area contributed by atoms with E-state index in [-0.39, 0.29) is 29.8 Å². The number of nitrogens with one attached hydrogen (secondary N) is 2. The molecule has 0 amide bonds. The monoisotopic (exact) mass is 402 g/mol. The molecule has 1 heterocycles. The second kappa shape index (κ2) is 9.38. The first kappa shape index (κ1) is 17.5. The molecule has 0 atom stereocenters. The highest BCUT2D eigenvalue weighted by atomic mass is 127. The van der Waals surface area contributed by atoms with E-state index in [0.717, 1.165) is 18.7 Å². The number of aromatic nitrogens is 1. The molecule has 2 rings (SSSR count). The molecule has 4 nitrogen and oxygen atoms in total. The summed E-state index contributed by atoms with van der Waals surface area (Å²) in [7, 11) is 1.72. The van der Waals surface area contributed by atoms with Crippen molar-refractivity contribution >= 4 is 29.9 Å². The van der Waals surface area contributed by atoms with Gasteiger partial charge in [-0.05, 0) is 29.8 Å². The van der Waals surface area contributed by atoms with Gasteiger partial charge in [0.25, 0.3) is 0 Å². The highest BCUT2D eigenvalue weighted by Crippen LogP contribution is 2.02. The largest absolute Gasteiger partial charge is 0.355 e. The molecule has 0 bridgehead atoms. The summed E-state index contributed by atoms with van der Waals surface area (Å²) in [6, 6.07) is 10.5. The average molecular weight is 402 g/mol. The van der Waals surface area contributed by atoms with Crippen LogP contribution in [0, 0.1) is 5.82 Å². The number of hydrogen-bond acceptors (Lipinski definition) is 1. The Morgan fingerprint density at radius 3 is 2.62 bits per heavy atom. The van der Waals surface area contributed by atoms with E-state index in [4.69, 9.17) is 0 Å². The average Bonchev–Trinajstić information content (AvgIpc) is 2.96. The molecule has 114 valence electrons. The maximum atomic E-state index is 13.1. The van der Waals surface area contributed by atoms with Crippen LogP contribution in [0.25, 0.3) is 0 Å². The number of halogens is 2. The van der Waals surface area contributed by atoms with Crippen LogP contribution in [0.4, 0.5) is 4.39 Å². The van der Waals surface area contributed by atoms with Gasteiger partial charge in [-0.25, -0.2) is 4.39 Å². The van der Waals surface area contributed by atoms with Gasteiger partial charge in [-0.1, -0.05) is 12.1 Å². The number of hydrogen-bond donors (Lipinski definition) is 2. The Bertz CT molecular complexity index is 555. The van der Waals surface area contributed by atoms with E-state index in [1.165, 1.54) is 12.1 Å². The summed E-state index contributed by atoms with van der Waals surface area (Å²) in [6.45, 7) is 2.19. The second-order valence-electron chi connectivity index (χ2n) is 4.40. The van der Waals surface area contributed by atoms with Crippen molar-refractivity contribution < 1.29 is 4.39 Å². The van der Waals surface area contributed by atoms with Crippen LogP contribution in [-0.4, -0.2) is 24.1 Å². The third kappa shape index (κ3) is 6.16. The molecule has 6 heteroatoms. The van der Waals surface area contributed by atoms with Crippen molar-refractivity contribution in [2.24, 2.45) is 4.99 Å². The van der Waals surface area contributed by atoms with E-state index in [9.17, 15) is 4.39 Å². The first-order valence-corrected chi connectivity index (χ1v) is 6.57. The number of rotatable bonds is 5. The van der Waals surface area contributed by atoms with Gasteiger partial charge >= 0.3 is 0 Å². The van der Waals surface area contributed by atoms with Gasteiger partial charge < -0.3 is 15.2 Å². The second-order valence-corrected chi connectivity index (χ2v) is 4.40. The number of benzene rings is 1. The molecule has 2 aromatic rings. The summed E-state index contributed by atoms with van der Waals surface area (Å²) in [4.78, 5) is 4.14. The summed E-state index contributed by atoms with van der Waals surface area (Å²) in [5.74, 6) is 0.487. The zero-order valence-electron chi connectivity index (χ0n) is 11.9. The SMILES string of the molecule is CN=C(NCCn1cccc1)NCc1cccc(F)c1.I. The van der Waals surface area contributed by atoms with Crippen molar-refractivity contribution in [1.82, 2.24) is 15.2 Å². The summed E-state index contributed by atoms with van der Waals surface area (Å²) in [5, 5.41) is 6.37. The Hall–Kier alpha value is -1.57. The molecular formula is C15H20FIN4. The highest BCUT2D eigenvalue weighted by Gasteiger charge is 1.99. The number of guanidine groups is 1. The fourth-order valence-corrected chi connectivity index (χ4v) is 1.88. The molecular weight excluding hydrogens is 382 g/mol. The van der Waals surface area contributed by atoms with Crippen LogP contribution in [0.1, 0.15) is 5.56 Å². The fraction of sp³-hybridized carbons (Fsp3) is 0.267. The van der Waals surface area contributed by atoms with Crippen molar-refractivity contribution in [3.63, 3.8) is 0 Å². The Labute approximate surface area is 141 Å². The quantitative estimate of drug-likeness (QED) is 0.459. The lowest BCUT2D eigenvalue weighted by Crippen LogP contribution is -2.38. The van der Waals surface area contributed by atoms with Gasteiger partial charge in [-0.2, -0.15) is 0 Å². The van der Waals surface area contributed by atoms with Gasteiger partial charge in [0.1, 0.15) is 5.82 Å². The van der Waals surface area contributed by atoms with Gasteiger partial charge in [-0.3, -0.25) is 4.99 Å². The van der Waals surface area contributed by atoms with Crippen LogP contribution in [0.5, 0.6) is 0 Å². The zero-order chi connectivity index (χ0) is 14.2. The Balaban J connectivity index is 0.00000220. The minimum Gasteiger partial charge on any atom is -0.355 e. The van der Waals surface area contributed by atoms with Crippen LogP contribution in [0.15, 0.2) is 53.8 Å². The van der Waals surface area contributed by atoms with Crippen LogP contribution >= 0.6 is 24.0 Å². The molecule has 0 aliphatic heterocycles. The smallest absolute Gasteiger partial charge is 0.191 e. The van der Waals surface area contributed by atoms with Crippen LogP contribution < -0.4 is 10.6 Å². The molecule has 0 aliphatic carbocycles. The lowest BCUT2D eigenvalue weighted by Gasteiger charge is -2.12. The first-order chi connectivity index (χ1) is 9.78. The third-order valence-electron chi connectivity index (χ3n) is 2.90. The topological polar surface area (TPSA) is 41.4 Å². The van der Waals surface area contributed by atoms with Crippen molar-refractivity contribution in [3.8, 4) is 0 Å². The van der Waals surface area contributed by atoms with Crippen LogP contribution in [0.3, 0.4) is 0 Å². The van der Waals surface area contributed by atoms with Crippen LogP contribution in [0.2, 0.25) is 0 Å². The van der Waals surface area contributed by atoms with Crippen molar-refractivity contribution in [2.75, 3.05) is 13.6 Å². The van der Waals surface area contributed by atoms with Crippen molar-refractivity contribution in [1.29, 1.82) is 0 Å². The third-order valence-corrected chi connectivity index (χ3v) is 2.90. The van der Waals surface area contributed by atoms with Gasteiger partial charge in [0.2, 0.25) is 0 Å². The maximum absolute atomic E-state index is 13.1. The summed E-state index contributed by atoms with van der Waals surface area (Å²) in [5.41, 5.74) is 0.887. The van der Waals surface area contributed by atoms with Gasteiger partial charge in [0.15, 0.2) is 5.96 Å². The van der Waals surface area contributed by atoms with Crippen molar-refractivity contribution in [2.45, 2.75) is 13.1 Å². The fourth-order valence-electron chi connectivity index (χ4n) is 1.88. The molecule has 21 heavy (non-hydrogen) atoms. The van der Waals surface area contributed by atoms with E-state index < -0.39 is 0 Å². The molecule has 2 N–H and O–H groups in total. The maximum Gasteiger partial charge on any atom is 0.191 e. The molecule has 0 saturated carbocycles. The zero-order valence-corrected chi connectivity index (χ0v) is 14.3. The molecule has 1 aromatic heterocycles. The lowest BCUT2D eigenvalue weighted by atomic mass is 10.2.